The average Bonchev–Trinajstić information content (AvgIpc) is 3.47. The molecule has 4 aromatic rings. The van der Waals surface area contributed by atoms with Crippen LogP contribution in [0.2, 0.25) is 0 Å². The Hall–Kier alpha value is -3.41. The Bertz CT molecular complexity index is 1150. The summed E-state index contributed by atoms with van der Waals surface area (Å²) in [6, 6.07) is 15.9. The monoisotopic (exact) mass is 374 g/mol. The zero-order chi connectivity index (χ0) is 19.1. The number of nitrogens with zero attached hydrogens (tertiary/aromatic N) is 4. The molecule has 0 saturated carbocycles. The Morgan fingerprint density at radius 3 is 2.54 bits per heavy atom. The molecule has 5 rings (SSSR count). The van der Waals surface area contributed by atoms with Crippen LogP contribution in [-0.2, 0) is 0 Å². The van der Waals surface area contributed by atoms with Crippen LogP contribution < -0.4 is 0 Å². The Labute approximate surface area is 161 Å². The predicted molar refractivity (Wildman–Crippen MR) is 105 cm³/mol. The van der Waals surface area contributed by atoms with Gasteiger partial charge in [0.05, 0.1) is 22.5 Å². The number of aromatic nitrogens is 3. The first kappa shape index (κ1) is 16.7. The lowest BCUT2D eigenvalue weighted by molar-refractivity contribution is 0.0795. The van der Waals surface area contributed by atoms with Crippen LogP contribution in [0.1, 0.15) is 23.2 Å². The van der Waals surface area contributed by atoms with Crippen LogP contribution >= 0.6 is 0 Å². The fourth-order valence-electron chi connectivity index (χ4n) is 3.81. The predicted octanol–water partition coefficient (Wildman–Crippen LogP) is 4.17. The highest BCUT2D eigenvalue weighted by Crippen LogP contribution is 2.27. The van der Waals surface area contributed by atoms with Crippen LogP contribution in [0.3, 0.4) is 0 Å². The summed E-state index contributed by atoms with van der Waals surface area (Å²) in [4.78, 5) is 14.9. The number of carbonyl (C=O) groups excluding carboxylic acids is 1. The summed E-state index contributed by atoms with van der Waals surface area (Å²) in [6.07, 6.45) is 5.91. The number of rotatable bonds is 3. The summed E-state index contributed by atoms with van der Waals surface area (Å²) < 4.78 is 16.9. The van der Waals surface area contributed by atoms with Gasteiger partial charge in [-0.3, -0.25) is 4.79 Å². The Morgan fingerprint density at radius 2 is 1.75 bits per heavy atom. The van der Waals surface area contributed by atoms with Gasteiger partial charge >= 0.3 is 0 Å². The number of benzene rings is 1. The van der Waals surface area contributed by atoms with Crippen molar-refractivity contribution < 1.29 is 9.18 Å². The molecule has 1 amide bonds. The number of halogens is 1. The minimum Gasteiger partial charge on any atom is -0.339 e. The molecule has 3 aromatic heterocycles. The van der Waals surface area contributed by atoms with Crippen molar-refractivity contribution in [1.29, 1.82) is 0 Å². The van der Waals surface area contributed by atoms with Gasteiger partial charge in [-0.05, 0) is 61.4 Å². The van der Waals surface area contributed by atoms with Crippen molar-refractivity contribution in [3.8, 4) is 17.1 Å². The molecular weight excluding hydrogens is 355 g/mol. The van der Waals surface area contributed by atoms with Crippen molar-refractivity contribution in [3.63, 3.8) is 0 Å². The zero-order valence-corrected chi connectivity index (χ0v) is 15.3. The molecular formula is C22H19FN4O. The molecule has 5 nitrogen and oxygen atoms in total. The highest BCUT2D eigenvalue weighted by Gasteiger charge is 2.24. The summed E-state index contributed by atoms with van der Waals surface area (Å²) >= 11 is 0. The third-order valence-electron chi connectivity index (χ3n) is 5.24. The van der Waals surface area contributed by atoms with E-state index in [0.29, 0.717) is 5.56 Å². The normalized spacial score (nSPS) is 14.1. The summed E-state index contributed by atoms with van der Waals surface area (Å²) in [7, 11) is 0. The van der Waals surface area contributed by atoms with E-state index in [-0.39, 0.29) is 11.7 Å². The van der Waals surface area contributed by atoms with Crippen LogP contribution in [0.25, 0.3) is 22.6 Å². The molecule has 140 valence electrons. The van der Waals surface area contributed by atoms with Crippen molar-refractivity contribution in [2.24, 2.45) is 0 Å². The molecule has 0 bridgehead atoms. The van der Waals surface area contributed by atoms with Crippen LogP contribution in [0.4, 0.5) is 4.39 Å². The van der Waals surface area contributed by atoms with Gasteiger partial charge in [0.25, 0.3) is 5.91 Å². The van der Waals surface area contributed by atoms with Gasteiger partial charge < -0.3 is 9.30 Å². The van der Waals surface area contributed by atoms with Crippen LogP contribution in [0, 0.1) is 5.82 Å². The van der Waals surface area contributed by atoms with Gasteiger partial charge in [0.2, 0.25) is 0 Å². The quantitative estimate of drug-likeness (QED) is 0.540. The van der Waals surface area contributed by atoms with E-state index >= 15 is 0 Å². The summed E-state index contributed by atoms with van der Waals surface area (Å²) in [5, 5.41) is 4.65. The number of carbonyl (C=O) groups is 1. The highest BCUT2D eigenvalue weighted by atomic mass is 19.1. The minimum atomic E-state index is -0.279. The molecule has 0 radical (unpaired) electrons. The van der Waals surface area contributed by atoms with Crippen LogP contribution in [0.15, 0.2) is 67.0 Å². The van der Waals surface area contributed by atoms with E-state index in [4.69, 9.17) is 0 Å². The molecule has 0 spiro atoms. The smallest absolute Gasteiger partial charge is 0.256 e. The molecule has 6 heteroatoms. The largest absolute Gasteiger partial charge is 0.339 e. The van der Waals surface area contributed by atoms with Crippen molar-refractivity contribution in [2.75, 3.05) is 13.1 Å². The molecule has 0 atom stereocenters. The van der Waals surface area contributed by atoms with E-state index in [1.807, 2.05) is 52.0 Å². The standard InChI is InChI=1S/C22H19FN4O/c23-16-6-8-17(9-7-16)27-14-10-19(24-27)21-15-18(20-5-1-2-13-26(20)21)22(28)25-11-3-4-12-25/h1-2,5-10,13-15H,3-4,11-12H2. The van der Waals surface area contributed by atoms with Gasteiger partial charge in [0.15, 0.2) is 0 Å². The van der Waals surface area contributed by atoms with Gasteiger partial charge in [-0.15, -0.1) is 0 Å². The first-order valence-corrected chi connectivity index (χ1v) is 9.42. The maximum absolute atomic E-state index is 13.2. The van der Waals surface area contributed by atoms with Gasteiger partial charge in [0.1, 0.15) is 11.5 Å². The molecule has 0 aliphatic carbocycles. The topological polar surface area (TPSA) is 42.5 Å². The molecule has 0 N–H and O–H groups in total. The highest BCUT2D eigenvalue weighted by molar-refractivity contribution is 6.02. The van der Waals surface area contributed by atoms with Crippen molar-refractivity contribution >= 4 is 11.4 Å². The van der Waals surface area contributed by atoms with E-state index in [1.165, 1.54) is 12.1 Å². The lowest BCUT2D eigenvalue weighted by Crippen LogP contribution is -2.27. The number of hydrogen-bond acceptors (Lipinski definition) is 2. The summed E-state index contributed by atoms with van der Waals surface area (Å²) in [5.74, 6) is -0.204. The summed E-state index contributed by atoms with van der Waals surface area (Å²) in [6.45, 7) is 1.63. The number of pyridine rings is 1. The van der Waals surface area contributed by atoms with Gasteiger partial charge in [0, 0.05) is 25.5 Å². The zero-order valence-electron chi connectivity index (χ0n) is 15.3. The fraction of sp³-hybridized carbons (Fsp3) is 0.182. The van der Waals surface area contributed by atoms with Gasteiger partial charge in [-0.1, -0.05) is 6.07 Å². The van der Waals surface area contributed by atoms with Crippen LogP contribution in [-0.4, -0.2) is 38.1 Å². The Balaban J connectivity index is 1.58. The van der Waals surface area contributed by atoms with Crippen molar-refractivity contribution in [1.82, 2.24) is 19.1 Å². The van der Waals surface area contributed by atoms with E-state index in [1.54, 1.807) is 16.8 Å². The lowest BCUT2D eigenvalue weighted by Gasteiger charge is -2.14. The maximum Gasteiger partial charge on any atom is 0.256 e. The molecule has 1 saturated heterocycles. The third-order valence-corrected chi connectivity index (χ3v) is 5.24. The first-order valence-electron chi connectivity index (χ1n) is 9.42. The number of fused-ring (bicyclic) bond motifs is 1. The molecule has 0 unspecified atom stereocenters. The average molecular weight is 374 g/mol. The van der Waals surface area contributed by atoms with Gasteiger partial charge in [-0.25, -0.2) is 9.07 Å². The van der Waals surface area contributed by atoms with Crippen LogP contribution in [0.5, 0.6) is 0 Å². The minimum absolute atomic E-state index is 0.0745. The van der Waals surface area contributed by atoms with Gasteiger partial charge in [-0.2, -0.15) is 5.10 Å². The van der Waals surface area contributed by atoms with E-state index in [2.05, 4.69) is 5.10 Å². The molecule has 1 aliphatic heterocycles. The Morgan fingerprint density at radius 1 is 0.964 bits per heavy atom. The number of likely N-dealkylation sites (tertiary alicyclic amines) is 1. The number of amides is 1. The summed E-state index contributed by atoms with van der Waals surface area (Å²) in [5.41, 5.74) is 3.98. The second-order valence-corrected chi connectivity index (χ2v) is 7.02. The third kappa shape index (κ3) is 2.78. The molecule has 28 heavy (non-hydrogen) atoms. The van der Waals surface area contributed by atoms with E-state index < -0.39 is 0 Å². The second-order valence-electron chi connectivity index (χ2n) is 7.02. The SMILES string of the molecule is O=C(c1cc(-c2ccn(-c3ccc(F)cc3)n2)n2ccccc12)N1CCCC1. The van der Waals surface area contributed by atoms with E-state index in [0.717, 1.165) is 48.5 Å². The fourth-order valence-corrected chi connectivity index (χ4v) is 3.81. The second kappa shape index (κ2) is 6.64. The van der Waals surface area contributed by atoms with Crippen molar-refractivity contribution in [2.45, 2.75) is 12.8 Å². The number of hydrogen-bond donors (Lipinski definition) is 0. The molecule has 1 fully saturated rings. The lowest BCUT2D eigenvalue weighted by atomic mass is 10.2. The van der Waals surface area contributed by atoms with Crippen molar-refractivity contribution in [3.05, 3.63) is 78.4 Å². The molecule has 4 heterocycles. The van der Waals surface area contributed by atoms with E-state index in [9.17, 15) is 9.18 Å². The first-order chi connectivity index (χ1) is 13.7. The molecule has 1 aromatic carbocycles. The molecule has 1 aliphatic rings. The maximum atomic E-state index is 13.2. The Kier molecular flexibility index (Phi) is 3.97.